The zero-order valence-electron chi connectivity index (χ0n) is 12.8. The van der Waals surface area contributed by atoms with Crippen molar-refractivity contribution in [1.29, 1.82) is 0 Å². The van der Waals surface area contributed by atoms with Crippen LogP contribution in [-0.4, -0.2) is 45.4 Å². The molecule has 0 spiro atoms. The minimum atomic E-state index is 0.256. The van der Waals surface area contributed by atoms with Crippen LogP contribution in [0.25, 0.3) is 0 Å². The van der Waals surface area contributed by atoms with Crippen LogP contribution in [0.1, 0.15) is 24.4 Å². The third kappa shape index (κ3) is 4.19. The Morgan fingerprint density at radius 1 is 1.43 bits per heavy atom. The Hall–Kier alpha value is -0.620. The number of likely N-dealkylation sites (tertiary alicyclic amines) is 1. The fourth-order valence-corrected chi connectivity index (χ4v) is 3.70. The van der Waals surface area contributed by atoms with Gasteiger partial charge < -0.3 is 15.2 Å². The highest BCUT2D eigenvalue weighted by Crippen LogP contribution is 2.32. The lowest BCUT2D eigenvalue weighted by Gasteiger charge is -2.38. The van der Waals surface area contributed by atoms with Crippen LogP contribution in [0, 0.1) is 5.92 Å². The van der Waals surface area contributed by atoms with E-state index in [2.05, 4.69) is 33.0 Å². The van der Waals surface area contributed by atoms with Gasteiger partial charge in [-0.2, -0.15) is 0 Å². The van der Waals surface area contributed by atoms with E-state index < -0.39 is 0 Å². The van der Waals surface area contributed by atoms with Gasteiger partial charge in [-0.3, -0.25) is 4.90 Å². The highest BCUT2D eigenvalue weighted by Gasteiger charge is 2.26. The highest BCUT2D eigenvalue weighted by molar-refractivity contribution is 9.10. The van der Waals surface area contributed by atoms with Gasteiger partial charge in [0, 0.05) is 26.2 Å². The molecule has 0 amide bonds. The lowest BCUT2D eigenvalue weighted by Crippen LogP contribution is -2.42. The maximum atomic E-state index is 6.06. The Morgan fingerprint density at radius 2 is 2.24 bits per heavy atom. The summed E-state index contributed by atoms with van der Waals surface area (Å²) in [6.07, 6.45) is 2.45. The van der Waals surface area contributed by atoms with Gasteiger partial charge in [-0.1, -0.05) is 6.07 Å². The molecule has 0 radical (unpaired) electrons. The quantitative estimate of drug-likeness (QED) is 0.851. The smallest absolute Gasteiger partial charge is 0.133 e. The van der Waals surface area contributed by atoms with Gasteiger partial charge in [-0.05, 0) is 58.9 Å². The first-order chi connectivity index (χ1) is 10.2. The minimum Gasteiger partial charge on any atom is -0.496 e. The van der Waals surface area contributed by atoms with E-state index in [0.717, 1.165) is 29.9 Å². The number of hydrogen-bond donors (Lipinski definition) is 1. The molecular weight excluding hydrogens is 332 g/mol. The van der Waals surface area contributed by atoms with Crippen LogP contribution in [0.4, 0.5) is 0 Å². The maximum absolute atomic E-state index is 6.06. The fourth-order valence-electron chi connectivity index (χ4n) is 3.14. The second kappa shape index (κ2) is 8.13. The van der Waals surface area contributed by atoms with E-state index in [9.17, 15) is 0 Å². The van der Waals surface area contributed by atoms with Crippen LogP contribution in [0.3, 0.4) is 0 Å². The van der Waals surface area contributed by atoms with Crippen molar-refractivity contribution >= 4 is 15.9 Å². The van der Waals surface area contributed by atoms with Crippen LogP contribution in [-0.2, 0) is 4.74 Å². The predicted molar refractivity (Wildman–Crippen MR) is 88.7 cm³/mol. The van der Waals surface area contributed by atoms with E-state index in [0.29, 0.717) is 12.5 Å². The van der Waals surface area contributed by atoms with Crippen molar-refractivity contribution in [2.75, 3.05) is 40.5 Å². The van der Waals surface area contributed by atoms with Gasteiger partial charge in [0.1, 0.15) is 5.75 Å². The summed E-state index contributed by atoms with van der Waals surface area (Å²) in [6, 6.07) is 6.49. The van der Waals surface area contributed by atoms with E-state index >= 15 is 0 Å². The number of ether oxygens (including phenoxy) is 2. The lowest BCUT2D eigenvalue weighted by molar-refractivity contribution is 0.0696. The molecule has 0 saturated carbocycles. The average Bonchev–Trinajstić information content (AvgIpc) is 2.49. The Balaban J connectivity index is 2.13. The standard InChI is InChI=1S/C16H25BrN2O2/c1-20-11-12-4-3-7-19(10-12)15(9-18)13-5-6-16(21-2)14(17)8-13/h5-6,8,12,15H,3-4,7,9-11,18H2,1-2H3. The van der Waals surface area contributed by atoms with Crippen LogP contribution >= 0.6 is 15.9 Å². The largest absolute Gasteiger partial charge is 0.496 e. The molecule has 1 heterocycles. The maximum Gasteiger partial charge on any atom is 0.133 e. The molecule has 0 aliphatic carbocycles. The fraction of sp³-hybridized carbons (Fsp3) is 0.625. The number of nitrogens with zero attached hydrogens (tertiary/aromatic N) is 1. The normalized spacial score (nSPS) is 21.2. The van der Waals surface area contributed by atoms with Crippen LogP contribution < -0.4 is 10.5 Å². The molecule has 1 saturated heterocycles. The molecule has 1 aromatic rings. The molecule has 118 valence electrons. The first-order valence-electron chi connectivity index (χ1n) is 7.46. The van der Waals surface area contributed by atoms with Crippen molar-refractivity contribution in [3.63, 3.8) is 0 Å². The molecule has 5 heteroatoms. The summed E-state index contributed by atoms with van der Waals surface area (Å²) in [5, 5.41) is 0. The molecule has 0 bridgehead atoms. The third-order valence-corrected chi connectivity index (χ3v) is 4.80. The first-order valence-corrected chi connectivity index (χ1v) is 8.25. The van der Waals surface area contributed by atoms with Gasteiger partial charge in [-0.25, -0.2) is 0 Å². The first kappa shape index (κ1) is 16.7. The molecule has 4 nitrogen and oxygen atoms in total. The average molecular weight is 357 g/mol. The summed E-state index contributed by atoms with van der Waals surface area (Å²) < 4.78 is 11.6. The van der Waals surface area contributed by atoms with Gasteiger partial charge in [0.2, 0.25) is 0 Å². The SMILES string of the molecule is COCC1CCCN(C(CN)c2ccc(OC)c(Br)c2)C1. The van der Waals surface area contributed by atoms with Gasteiger partial charge in [0.05, 0.1) is 18.2 Å². The summed E-state index contributed by atoms with van der Waals surface area (Å²) in [6.45, 7) is 3.61. The molecule has 21 heavy (non-hydrogen) atoms. The second-order valence-electron chi connectivity index (χ2n) is 5.60. The molecule has 2 N–H and O–H groups in total. The topological polar surface area (TPSA) is 47.7 Å². The van der Waals surface area contributed by atoms with E-state index in [-0.39, 0.29) is 6.04 Å². The molecule has 1 aromatic carbocycles. The predicted octanol–water partition coefficient (Wildman–Crippen LogP) is 2.82. The van der Waals surface area contributed by atoms with Gasteiger partial charge in [0.15, 0.2) is 0 Å². The number of nitrogens with two attached hydrogens (primary N) is 1. The van der Waals surface area contributed by atoms with Gasteiger partial charge >= 0.3 is 0 Å². The van der Waals surface area contributed by atoms with Gasteiger partial charge in [-0.15, -0.1) is 0 Å². The zero-order valence-corrected chi connectivity index (χ0v) is 14.4. The van der Waals surface area contributed by atoms with Crippen molar-refractivity contribution in [2.24, 2.45) is 11.7 Å². The molecule has 2 unspecified atom stereocenters. The van der Waals surface area contributed by atoms with E-state index in [4.69, 9.17) is 15.2 Å². The lowest BCUT2D eigenvalue weighted by atomic mass is 9.95. The summed E-state index contributed by atoms with van der Waals surface area (Å²) >= 11 is 3.56. The molecule has 1 fully saturated rings. The van der Waals surface area contributed by atoms with E-state index in [1.807, 2.05) is 6.07 Å². The van der Waals surface area contributed by atoms with Crippen molar-refractivity contribution in [1.82, 2.24) is 4.90 Å². The molecule has 1 aliphatic rings. The van der Waals surface area contributed by atoms with Crippen molar-refractivity contribution in [3.8, 4) is 5.75 Å². The third-order valence-electron chi connectivity index (χ3n) is 4.18. The number of rotatable bonds is 6. The Kier molecular flexibility index (Phi) is 6.48. The Morgan fingerprint density at radius 3 is 2.86 bits per heavy atom. The van der Waals surface area contributed by atoms with Gasteiger partial charge in [0.25, 0.3) is 0 Å². The van der Waals surface area contributed by atoms with Crippen LogP contribution in [0.2, 0.25) is 0 Å². The Labute approximate surface area is 135 Å². The molecule has 1 aliphatic heterocycles. The zero-order chi connectivity index (χ0) is 15.2. The number of halogens is 1. The molecular formula is C16H25BrN2O2. The monoisotopic (exact) mass is 356 g/mol. The van der Waals surface area contributed by atoms with Crippen molar-refractivity contribution < 1.29 is 9.47 Å². The summed E-state index contributed by atoms with van der Waals surface area (Å²) in [4.78, 5) is 2.49. The number of methoxy groups -OCH3 is 2. The van der Waals surface area contributed by atoms with Crippen molar-refractivity contribution in [2.45, 2.75) is 18.9 Å². The molecule has 0 aromatic heterocycles. The van der Waals surface area contributed by atoms with Crippen LogP contribution in [0.15, 0.2) is 22.7 Å². The number of hydrogen-bond acceptors (Lipinski definition) is 4. The summed E-state index contributed by atoms with van der Waals surface area (Å²) in [7, 11) is 3.46. The molecule has 2 atom stereocenters. The van der Waals surface area contributed by atoms with E-state index in [1.54, 1.807) is 14.2 Å². The minimum absolute atomic E-state index is 0.256. The highest BCUT2D eigenvalue weighted by atomic mass is 79.9. The number of piperidine rings is 1. The van der Waals surface area contributed by atoms with Crippen molar-refractivity contribution in [3.05, 3.63) is 28.2 Å². The number of benzene rings is 1. The van der Waals surface area contributed by atoms with Crippen LogP contribution in [0.5, 0.6) is 5.75 Å². The summed E-state index contributed by atoms with van der Waals surface area (Å²) in [5.41, 5.74) is 7.30. The summed E-state index contributed by atoms with van der Waals surface area (Å²) in [5.74, 6) is 1.46. The molecule has 2 rings (SSSR count). The second-order valence-corrected chi connectivity index (χ2v) is 6.46. The van der Waals surface area contributed by atoms with E-state index in [1.165, 1.54) is 18.4 Å². The Bertz CT molecular complexity index is 454.